The Morgan fingerprint density at radius 2 is 1.68 bits per heavy atom. The molecule has 186 valence electrons. The van der Waals surface area contributed by atoms with Gasteiger partial charge in [-0.05, 0) is 69.1 Å². The van der Waals surface area contributed by atoms with Crippen molar-refractivity contribution in [2.24, 2.45) is 10.7 Å². The summed E-state index contributed by atoms with van der Waals surface area (Å²) in [5.41, 5.74) is 8.21. The molecule has 3 N–H and O–H groups in total. The first-order valence-electron chi connectivity index (χ1n) is 11.0. The number of benzene rings is 2. The molecule has 5 nitrogen and oxygen atoms in total. The Hall–Kier alpha value is -3.39. The molecular formula is C26H35F3N4O. The zero-order valence-corrected chi connectivity index (χ0v) is 21.0. The van der Waals surface area contributed by atoms with Crippen LogP contribution >= 0.6 is 0 Å². The van der Waals surface area contributed by atoms with Gasteiger partial charge in [-0.25, -0.2) is 13.8 Å². The summed E-state index contributed by atoms with van der Waals surface area (Å²) < 4.78 is 41.1. The van der Waals surface area contributed by atoms with Crippen LogP contribution in [0.3, 0.4) is 0 Å². The van der Waals surface area contributed by atoms with Crippen LogP contribution in [0.4, 0.5) is 18.9 Å². The van der Waals surface area contributed by atoms with Gasteiger partial charge in [-0.2, -0.15) is 4.39 Å². The Balaban J connectivity index is 0.00000168. The minimum Gasteiger partial charge on any atom is -0.359 e. The van der Waals surface area contributed by atoms with Crippen molar-refractivity contribution < 1.29 is 18.0 Å². The number of aryl methyl sites for hydroxylation is 2. The van der Waals surface area contributed by atoms with E-state index in [1.54, 1.807) is 0 Å². The molecule has 0 aliphatic rings. The molecule has 0 saturated heterocycles. The van der Waals surface area contributed by atoms with Gasteiger partial charge in [0.15, 0.2) is 11.6 Å². The number of nitrogens with zero attached hydrogens (tertiary/aromatic N) is 2. The molecule has 1 aromatic heterocycles. The quantitative estimate of drug-likeness (QED) is 0.316. The summed E-state index contributed by atoms with van der Waals surface area (Å²) in [4.78, 5) is 19.3. The first-order chi connectivity index (χ1) is 16.3. The van der Waals surface area contributed by atoms with Gasteiger partial charge in [0.25, 0.3) is 0 Å². The average molecular weight is 477 g/mol. The second-order valence-corrected chi connectivity index (χ2v) is 6.49. The summed E-state index contributed by atoms with van der Waals surface area (Å²) in [7, 11) is 1.50. The Morgan fingerprint density at radius 3 is 2.24 bits per heavy atom. The number of halogens is 3. The monoisotopic (exact) mass is 476 g/mol. The van der Waals surface area contributed by atoms with Gasteiger partial charge in [-0.1, -0.05) is 33.8 Å². The second-order valence-electron chi connectivity index (χ2n) is 6.49. The molecule has 0 unspecified atom stereocenters. The van der Waals surface area contributed by atoms with Crippen molar-refractivity contribution in [1.29, 1.82) is 0 Å². The summed E-state index contributed by atoms with van der Waals surface area (Å²) in [5, 5.41) is 0.898. The highest BCUT2D eigenvalue weighted by Gasteiger charge is 2.15. The number of carbonyl (C=O) groups excluding carboxylic acids is 1. The lowest BCUT2D eigenvalue weighted by Gasteiger charge is -2.23. The lowest BCUT2D eigenvalue weighted by Crippen LogP contribution is -2.18. The fraction of sp³-hybridized carbons (Fsp3) is 0.308. The van der Waals surface area contributed by atoms with E-state index in [2.05, 4.69) is 22.4 Å². The minimum atomic E-state index is -1.11. The third kappa shape index (κ3) is 8.19. The number of rotatable bonds is 5. The van der Waals surface area contributed by atoms with Crippen LogP contribution in [0.5, 0.6) is 0 Å². The van der Waals surface area contributed by atoms with Crippen molar-refractivity contribution >= 4 is 29.2 Å². The Bertz CT molecular complexity index is 1110. The number of carbonyl (C=O) groups is 1. The van der Waals surface area contributed by atoms with Gasteiger partial charge in [0.1, 0.15) is 0 Å². The molecule has 3 rings (SSSR count). The number of fused-ring (bicyclic) bond motifs is 1. The van der Waals surface area contributed by atoms with Crippen LogP contribution in [0.25, 0.3) is 10.9 Å². The van der Waals surface area contributed by atoms with Crippen LogP contribution in [0.2, 0.25) is 0 Å². The number of nitrogens with two attached hydrogens (primary N) is 1. The molecule has 0 atom stereocenters. The molecule has 3 aromatic rings. The van der Waals surface area contributed by atoms with Crippen LogP contribution < -0.4 is 10.6 Å². The van der Waals surface area contributed by atoms with Crippen molar-refractivity contribution in [3.8, 4) is 0 Å². The predicted octanol–water partition coefficient (Wildman–Crippen LogP) is 6.73. The van der Waals surface area contributed by atoms with Crippen molar-refractivity contribution in [3.63, 3.8) is 0 Å². The first kappa shape index (κ1) is 30.6. The van der Waals surface area contributed by atoms with Gasteiger partial charge in [0.05, 0.1) is 0 Å². The van der Waals surface area contributed by atoms with Gasteiger partial charge in [0, 0.05) is 35.0 Å². The van der Waals surface area contributed by atoms with Crippen molar-refractivity contribution in [2.45, 2.75) is 48.1 Å². The Kier molecular flexibility index (Phi) is 13.9. The normalized spacial score (nSPS) is 10.1. The predicted molar refractivity (Wildman–Crippen MR) is 137 cm³/mol. The van der Waals surface area contributed by atoms with E-state index in [4.69, 9.17) is 0 Å². The summed E-state index contributed by atoms with van der Waals surface area (Å²) in [5.74, 6) is -4.18. The fourth-order valence-electron chi connectivity index (χ4n) is 3.03. The lowest BCUT2D eigenvalue weighted by molar-refractivity contribution is -0.115. The topological polar surface area (TPSA) is 74.5 Å². The van der Waals surface area contributed by atoms with Crippen molar-refractivity contribution in [2.75, 3.05) is 11.9 Å². The van der Waals surface area contributed by atoms with E-state index in [1.165, 1.54) is 18.0 Å². The van der Waals surface area contributed by atoms with Gasteiger partial charge in [-0.15, -0.1) is 0 Å². The number of aromatic amines is 1. The molecule has 0 aliphatic heterocycles. The molecule has 0 spiro atoms. The van der Waals surface area contributed by atoms with E-state index in [0.717, 1.165) is 40.5 Å². The van der Waals surface area contributed by atoms with Crippen LogP contribution in [0, 0.1) is 25.5 Å². The van der Waals surface area contributed by atoms with Crippen molar-refractivity contribution in [1.82, 2.24) is 4.98 Å². The van der Waals surface area contributed by atoms with E-state index in [-0.39, 0.29) is 6.54 Å². The van der Waals surface area contributed by atoms with Crippen LogP contribution in [-0.2, 0) is 11.3 Å². The molecule has 34 heavy (non-hydrogen) atoms. The van der Waals surface area contributed by atoms with Crippen LogP contribution in [0.15, 0.2) is 53.4 Å². The first-order valence-corrected chi connectivity index (χ1v) is 11.0. The zero-order valence-electron chi connectivity index (χ0n) is 21.0. The highest BCUT2D eigenvalue weighted by atomic mass is 19.2. The highest BCUT2D eigenvalue weighted by molar-refractivity contribution is 5.95. The number of nitrogens with one attached hydrogen (secondary N) is 1. The van der Waals surface area contributed by atoms with E-state index in [9.17, 15) is 18.0 Å². The van der Waals surface area contributed by atoms with Gasteiger partial charge in [0.2, 0.25) is 5.83 Å². The maximum absolute atomic E-state index is 14.2. The SMILES string of the molecule is C=NC(=O)/C(F)=C\N(Cc1ccc(F)c(F)c1)c1cc2cc(C)[nH]c2cc1C.CC.CC.CN. The standard InChI is InChI=1S/C21H18F3N3O.2C2H6.CH5N/c1-12-6-19-15(7-13(2)26-19)9-20(12)27(11-18(24)21(28)25-3)10-14-4-5-16(22)17(23)8-14;3*1-2/h4-9,11,26H,3,10H2,1-2H3;2*1-2H3;2H2,1H3/b18-11+;;;. The van der Waals surface area contributed by atoms with E-state index < -0.39 is 23.4 Å². The molecule has 2 aromatic carbocycles. The van der Waals surface area contributed by atoms with Gasteiger partial charge < -0.3 is 15.6 Å². The number of anilines is 1. The number of H-pyrrole nitrogens is 1. The van der Waals surface area contributed by atoms with Gasteiger partial charge >= 0.3 is 5.91 Å². The number of amides is 1. The molecular weight excluding hydrogens is 441 g/mol. The molecule has 0 aliphatic carbocycles. The summed E-state index contributed by atoms with van der Waals surface area (Å²) in [6, 6.07) is 9.11. The Morgan fingerprint density at radius 1 is 1.06 bits per heavy atom. The second kappa shape index (κ2) is 15.4. The molecule has 1 heterocycles. The summed E-state index contributed by atoms with van der Waals surface area (Å²) in [6.45, 7) is 14.8. The van der Waals surface area contributed by atoms with Crippen molar-refractivity contribution in [3.05, 3.63) is 76.9 Å². The minimum absolute atomic E-state index is 0.0186. The number of hydrogen-bond acceptors (Lipinski definition) is 3. The van der Waals surface area contributed by atoms with E-state index >= 15 is 0 Å². The van der Waals surface area contributed by atoms with Gasteiger partial charge in [-0.3, -0.25) is 4.79 Å². The van der Waals surface area contributed by atoms with Crippen LogP contribution in [-0.4, -0.2) is 24.7 Å². The molecule has 0 fully saturated rings. The third-order valence-electron chi connectivity index (χ3n) is 4.34. The molecule has 0 bridgehead atoms. The molecule has 1 amide bonds. The zero-order chi connectivity index (χ0) is 26.4. The third-order valence-corrected chi connectivity index (χ3v) is 4.34. The maximum atomic E-state index is 14.2. The summed E-state index contributed by atoms with van der Waals surface area (Å²) >= 11 is 0. The number of aliphatic imine (C=N–C) groups is 1. The maximum Gasteiger partial charge on any atom is 0.306 e. The molecule has 8 heteroatoms. The number of hydrogen-bond donors (Lipinski definition) is 2. The van der Waals surface area contributed by atoms with Crippen LogP contribution in [0.1, 0.15) is 44.5 Å². The highest BCUT2D eigenvalue weighted by Crippen LogP contribution is 2.29. The Labute approximate surface area is 200 Å². The number of aromatic nitrogens is 1. The lowest BCUT2D eigenvalue weighted by atomic mass is 10.1. The molecule has 0 radical (unpaired) electrons. The average Bonchev–Trinajstić information content (AvgIpc) is 3.22. The largest absolute Gasteiger partial charge is 0.359 e. The summed E-state index contributed by atoms with van der Waals surface area (Å²) in [6.07, 6.45) is 0.992. The van der Waals surface area contributed by atoms with E-state index in [0.29, 0.717) is 11.3 Å². The smallest absolute Gasteiger partial charge is 0.306 e. The fourth-order valence-corrected chi connectivity index (χ4v) is 3.03. The van der Waals surface area contributed by atoms with E-state index in [1.807, 2.05) is 59.7 Å². The molecule has 0 saturated carbocycles.